The molecule has 0 aliphatic carbocycles. The van der Waals surface area contributed by atoms with Crippen LogP contribution in [-0.4, -0.2) is 17.8 Å². The Bertz CT molecular complexity index is 403. The van der Waals surface area contributed by atoms with E-state index in [-0.39, 0.29) is 11.6 Å². The summed E-state index contributed by atoms with van der Waals surface area (Å²) in [5.74, 6) is -1.54. The Morgan fingerprint density at radius 1 is 1.44 bits per heavy atom. The summed E-state index contributed by atoms with van der Waals surface area (Å²) < 4.78 is 13.3. The third-order valence-corrected chi connectivity index (χ3v) is 2.08. The van der Waals surface area contributed by atoms with Crippen molar-refractivity contribution in [2.45, 2.75) is 6.92 Å². The summed E-state index contributed by atoms with van der Waals surface area (Å²) in [7, 11) is 0. The molecule has 0 aliphatic rings. The van der Waals surface area contributed by atoms with Gasteiger partial charge in [0.2, 0.25) is 5.91 Å². The number of hydrogen-bond donors (Lipinski definition) is 2. The molecule has 0 aromatic heterocycles. The average Bonchev–Trinajstić information content (AvgIpc) is 2.23. The van der Waals surface area contributed by atoms with Crippen molar-refractivity contribution in [1.29, 1.82) is 0 Å². The topological polar surface area (TPSA) is 58.2 Å². The molecule has 6 heteroatoms. The van der Waals surface area contributed by atoms with Gasteiger partial charge in [0.05, 0.1) is 5.69 Å². The number of rotatable bonds is 2. The van der Waals surface area contributed by atoms with Crippen LogP contribution in [0.2, 0.25) is 0 Å². The summed E-state index contributed by atoms with van der Waals surface area (Å²) in [6, 6.07) is 3.57. The number of carbonyl (C=O) groups is 2. The third-order valence-electron chi connectivity index (χ3n) is 1.83. The Labute approximate surface area is 96.8 Å². The van der Waals surface area contributed by atoms with E-state index in [0.29, 0.717) is 5.56 Å². The van der Waals surface area contributed by atoms with Gasteiger partial charge >= 0.3 is 6.03 Å². The molecule has 16 heavy (non-hydrogen) atoms. The number of amides is 3. The molecule has 0 radical (unpaired) electrons. The van der Waals surface area contributed by atoms with Gasteiger partial charge < -0.3 is 5.32 Å². The number of nitrogens with one attached hydrogen (secondary N) is 2. The minimum Gasteiger partial charge on any atom is -0.305 e. The average molecular weight is 245 g/mol. The van der Waals surface area contributed by atoms with Gasteiger partial charge in [-0.25, -0.2) is 9.18 Å². The molecule has 86 valence electrons. The van der Waals surface area contributed by atoms with Gasteiger partial charge in [0.1, 0.15) is 11.7 Å². The lowest BCUT2D eigenvalue weighted by atomic mass is 10.2. The molecule has 0 bridgehead atoms. The number of para-hydroxylation sites is 1. The van der Waals surface area contributed by atoms with Crippen LogP contribution in [0.5, 0.6) is 0 Å². The second-order valence-electron chi connectivity index (χ2n) is 3.07. The highest BCUT2D eigenvalue weighted by Crippen LogP contribution is 2.18. The summed E-state index contributed by atoms with van der Waals surface area (Å²) in [5, 5.41) is 4.18. The van der Waals surface area contributed by atoms with E-state index in [1.165, 1.54) is 12.1 Å². The van der Waals surface area contributed by atoms with Crippen molar-refractivity contribution in [2.75, 3.05) is 11.2 Å². The Morgan fingerprint density at radius 2 is 2.12 bits per heavy atom. The van der Waals surface area contributed by atoms with Gasteiger partial charge in [-0.15, -0.1) is 11.6 Å². The van der Waals surface area contributed by atoms with Crippen LogP contribution in [0.25, 0.3) is 0 Å². The Hall–Kier alpha value is -1.62. The van der Waals surface area contributed by atoms with Crippen LogP contribution in [0, 0.1) is 12.7 Å². The quantitative estimate of drug-likeness (QED) is 0.782. The number of carbonyl (C=O) groups excluding carboxylic acids is 2. The summed E-state index contributed by atoms with van der Waals surface area (Å²) >= 11 is 5.20. The maximum Gasteiger partial charge on any atom is 0.326 e. The van der Waals surface area contributed by atoms with Crippen LogP contribution in [-0.2, 0) is 4.79 Å². The van der Waals surface area contributed by atoms with Gasteiger partial charge in [-0.3, -0.25) is 10.1 Å². The minimum atomic E-state index is -0.807. The van der Waals surface area contributed by atoms with Gasteiger partial charge in [-0.05, 0) is 18.6 Å². The highest BCUT2D eigenvalue weighted by Gasteiger charge is 2.10. The van der Waals surface area contributed by atoms with Gasteiger partial charge in [0, 0.05) is 0 Å². The van der Waals surface area contributed by atoms with E-state index >= 15 is 0 Å². The van der Waals surface area contributed by atoms with Crippen LogP contribution in [0.1, 0.15) is 5.56 Å². The van der Waals surface area contributed by atoms with Crippen molar-refractivity contribution in [3.05, 3.63) is 29.6 Å². The highest BCUT2D eigenvalue weighted by atomic mass is 35.5. The molecular formula is C10H10ClFN2O2. The number of urea groups is 1. The molecule has 1 aromatic carbocycles. The predicted octanol–water partition coefficient (Wildman–Crippen LogP) is 2.02. The molecule has 0 saturated heterocycles. The normalized spacial score (nSPS) is 9.69. The Kier molecular flexibility index (Phi) is 4.25. The first-order valence-corrected chi connectivity index (χ1v) is 5.00. The van der Waals surface area contributed by atoms with Crippen molar-refractivity contribution >= 4 is 29.2 Å². The SMILES string of the molecule is Cc1cccc(F)c1NC(=O)NC(=O)CCl. The molecule has 0 atom stereocenters. The van der Waals surface area contributed by atoms with E-state index in [0.717, 1.165) is 0 Å². The lowest BCUT2D eigenvalue weighted by Gasteiger charge is -2.09. The largest absolute Gasteiger partial charge is 0.326 e. The fourth-order valence-corrected chi connectivity index (χ4v) is 1.16. The molecule has 0 unspecified atom stereocenters. The van der Waals surface area contributed by atoms with Crippen LogP contribution in [0.4, 0.5) is 14.9 Å². The second-order valence-corrected chi connectivity index (χ2v) is 3.33. The number of halogens is 2. The monoisotopic (exact) mass is 244 g/mol. The first-order valence-electron chi connectivity index (χ1n) is 4.46. The molecule has 3 amide bonds. The number of anilines is 1. The molecule has 0 spiro atoms. The van der Waals surface area contributed by atoms with E-state index < -0.39 is 17.8 Å². The molecule has 2 N–H and O–H groups in total. The number of imide groups is 1. The summed E-state index contributed by atoms with van der Waals surface area (Å²) in [6.07, 6.45) is 0. The van der Waals surface area contributed by atoms with Gasteiger partial charge in [0.15, 0.2) is 0 Å². The van der Waals surface area contributed by atoms with Crippen LogP contribution < -0.4 is 10.6 Å². The number of benzene rings is 1. The van der Waals surface area contributed by atoms with Gasteiger partial charge in [0.25, 0.3) is 0 Å². The molecule has 1 aromatic rings. The zero-order valence-corrected chi connectivity index (χ0v) is 9.27. The Morgan fingerprint density at radius 3 is 2.69 bits per heavy atom. The zero-order valence-electron chi connectivity index (χ0n) is 8.51. The predicted molar refractivity (Wildman–Crippen MR) is 59.0 cm³/mol. The second kappa shape index (κ2) is 5.46. The maximum absolute atomic E-state index is 13.3. The number of alkyl halides is 1. The molecule has 0 saturated carbocycles. The van der Waals surface area contributed by atoms with Crippen molar-refractivity contribution < 1.29 is 14.0 Å². The van der Waals surface area contributed by atoms with Crippen LogP contribution in [0.15, 0.2) is 18.2 Å². The van der Waals surface area contributed by atoms with Crippen LogP contribution in [0.3, 0.4) is 0 Å². The lowest BCUT2D eigenvalue weighted by molar-refractivity contribution is -0.117. The van der Waals surface area contributed by atoms with Crippen molar-refractivity contribution in [2.24, 2.45) is 0 Å². The molecular weight excluding hydrogens is 235 g/mol. The highest BCUT2D eigenvalue weighted by molar-refractivity contribution is 6.28. The standard InChI is InChI=1S/C10H10ClFN2O2/c1-6-3-2-4-7(12)9(6)14-10(16)13-8(15)5-11/h2-4H,5H2,1H3,(H2,13,14,15,16). The van der Waals surface area contributed by atoms with Crippen molar-refractivity contribution in [3.63, 3.8) is 0 Å². The van der Waals surface area contributed by atoms with Crippen LogP contribution >= 0.6 is 11.6 Å². The van der Waals surface area contributed by atoms with E-state index in [1.54, 1.807) is 13.0 Å². The van der Waals surface area contributed by atoms with Crippen molar-refractivity contribution in [3.8, 4) is 0 Å². The summed E-state index contributed by atoms with van der Waals surface area (Å²) in [5.41, 5.74) is 0.607. The summed E-state index contributed by atoms with van der Waals surface area (Å²) in [6.45, 7) is 1.64. The van der Waals surface area contributed by atoms with E-state index in [9.17, 15) is 14.0 Å². The smallest absolute Gasteiger partial charge is 0.305 e. The number of aryl methyl sites for hydroxylation is 1. The molecule has 1 rings (SSSR count). The first kappa shape index (κ1) is 12.4. The van der Waals surface area contributed by atoms with E-state index in [1.807, 2.05) is 5.32 Å². The minimum absolute atomic E-state index is 0.0439. The zero-order chi connectivity index (χ0) is 12.1. The molecule has 0 heterocycles. The van der Waals surface area contributed by atoms with Gasteiger partial charge in [-0.2, -0.15) is 0 Å². The lowest BCUT2D eigenvalue weighted by Crippen LogP contribution is -2.35. The molecule has 0 aliphatic heterocycles. The van der Waals surface area contributed by atoms with Gasteiger partial charge in [-0.1, -0.05) is 12.1 Å². The fraction of sp³-hybridized carbons (Fsp3) is 0.200. The first-order chi connectivity index (χ1) is 7.54. The fourth-order valence-electron chi connectivity index (χ4n) is 1.10. The van der Waals surface area contributed by atoms with Crippen molar-refractivity contribution in [1.82, 2.24) is 5.32 Å². The molecule has 0 fully saturated rings. The van der Waals surface area contributed by atoms with E-state index in [2.05, 4.69) is 5.32 Å². The van der Waals surface area contributed by atoms with E-state index in [4.69, 9.17) is 11.6 Å². The Balaban J connectivity index is 2.73. The third kappa shape index (κ3) is 3.20. The summed E-state index contributed by atoms with van der Waals surface area (Å²) in [4.78, 5) is 22.0. The maximum atomic E-state index is 13.3. The molecule has 4 nitrogen and oxygen atoms in total. The number of hydrogen-bond acceptors (Lipinski definition) is 2.